The molecule has 5 nitrogen and oxygen atoms in total. The second-order valence-electron chi connectivity index (χ2n) is 5.82. The van der Waals surface area contributed by atoms with Crippen molar-refractivity contribution >= 4 is 17.7 Å². The summed E-state index contributed by atoms with van der Waals surface area (Å²) < 4.78 is 5.03. The first-order valence-corrected chi connectivity index (χ1v) is 7.87. The maximum atomic E-state index is 12.6. The van der Waals surface area contributed by atoms with Gasteiger partial charge in [0.15, 0.2) is 5.78 Å². The number of nitrogens with zero attached hydrogens (tertiary/aromatic N) is 1. The molecule has 1 aromatic carbocycles. The van der Waals surface area contributed by atoms with Gasteiger partial charge in [-0.3, -0.25) is 14.4 Å². The quantitative estimate of drug-likeness (QED) is 0.791. The fraction of sp³-hybridized carbons (Fsp3) is 0.389. The van der Waals surface area contributed by atoms with E-state index in [9.17, 15) is 14.4 Å². The minimum atomic E-state index is -0.693. The number of ether oxygens (including phenoxy) is 1. The predicted molar refractivity (Wildman–Crippen MR) is 83.5 cm³/mol. The van der Waals surface area contributed by atoms with Crippen molar-refractivity contribution in [2.75, 3.05) is 13.2 Å². The predicted octanol–water partition coefficient (Wildman–Crippen LogP) is 1.52. The number of carbonyl (C=O) groups is 3. The van der Waals surface area contributed by atoms with E-state index in [4.69, 9.17) is 4.74 Å². The summed E-state index contributed by atoms with van der Waals surface area (Å²) in [6, 6.07) is 8.88. The first-order valence-electron chi connectivity index (χ1n) is 7.87. The fourth-order valence-electron chi connectivity index (χ4n) is 3.31. The van der Waals surface area contributed by atoms with Crippen molar-refractivity contribution in [1.82, 2.24) is 4.90 Å². The fourth-order valence-corrected chi connectivity index (χ4v) is 3.31. The third-order valence-electron chi connectivity index (χ3n) is 4.37. The molecular weight excluding hydrogens is 294 g/mol. The third-order valence-corrected chi connectivity index (χ3v) is 4.37. The normalized spacial score (nSPS) is 23.5. The van der Waals surface area contributed by atoms with E-state index in [1.807, 2.05) is 30.3 Å². The Morgan fingerprint density at radius 2 is 2.00 bits per heavy atom. The molecule has 1 aromatic rings. The molecule has 1 amide bonds. The van der Waals surface area contributed by atoms with Crippen molar-refractivity contribution in [3.05, 3.63) is 47.5 Å². The zero-order valence-corrected chi connectivity index (χ0v) is 13.0. The van der Waals surface area contributed by atoms with Crippen LogP contribution >= 0.6 is 0 Å². The number of ketones is 1. The molecule has 0 aromatic heterocycles. The van der Waals surface area contributed by atoms with Gasteiger partial charge in [-0.2, -0.15) is 0 Å². The van der Waals surface area contributed by atoms with Gasteiger partial charge in [-0.1, -0.05) is 30.3 Å². The molecule has 2 atom stereocenters. The molecule has 2 heterocycles. The molecule has 2 aliphatic rings. The number of hydrogen-bond donors (Lipinski definition) is 0. The van der Waals surface area contributed by atoms with E-state index in [-0.39, 0.29) is 24.3 Å². The van der Waals surface area contributed by atoms with Crippen molar-refractivity contribution < 1.29 is 19.1 Å². The molecule has 5 heteroatoms. The van der Waals surface area contributed by atoms with Crippen molar-refractivity contribution in [3.63, 3.8) is 0 Å². The second-order valence-corrected chi connectivity index (χ2v) is 5.82. The molecule has 2 aliphatic heterocycles. The van der Waals surface area contributed by atoms with E-state index < -0.39 is 12.0 Å². The van der Waals surface area contributed by atoms with Crippen LogP contribution in [0, 0.1) is 5.92 Å². The Bertz CT molecular complexity index is 665. The van der Waals surface area contributed by atoms with Crippen molar-refractivity contribution in [2.24, 2.45) is 5.92 Å². The molecule has 1 fully saturated rings. The van der Waals surface area contributed by atoms with E-state index in [0.29, 0.717) is 25.0 Å². The Kier molecular flexibility index (Phi) is 4.28. The lowest BCUT2D eigenvalue weighted by atomic mass is 9.91. The number of benzene rings is 1. The van der Waals surface area contributed by atoms with E-state index in [1.54, 1.807) is 6.92 Å². The Hall–Kier alpha value is -2.43. The molecule has 0 spiro atoms. The van der Waals surface area contributed by atoms with Gasteiger partial charge in [0, 0.05) is 18.5 Å². The van der Waals surface area contributed by atoms with Gasteiger partial charge >= 0.3 is 5.97 Å². The second kappa shape index (κ2) is 6.36. The SMILES string of the molecule is CCOC(=O)C1CCN2C(=O)C(Cc3ccccc3)=CC(=O)C12. The smallest absolute Gasteiger partial charge is 0.311 e. The Morgan fingerprint density at radius 1 is 1.26 bits per heavy atom. The van der Waals surface area contributed by atoms with Crippen molar-refractivity contribution in [3.8, 4) is 0 Å². The summed E-state index contributed by atoms with van der Waals surface area (Å²) in [4.78, 5) is 38.6. The van der Waals surface area contributed by atoms with Crippen LogP contribution in [0.5, 0.6) is 0 Å². The number of amides is 1. The first-order chi connectivity index (χ1) is 11.1. The highest BCUT2D eigenvalue weighted by molar-refractivity contribution is 6.11. The number of fused-ring (bicyclic) bond motifs is 1. The highest BCUT2D eigenvalue weighted by Gasteiger charge is 2.48. The molecule has 23 heavy (non-hydrogen) atoms. The number of hydrogen-bond acceptors (Lipinski definition) is 4. The van der Waals surface area contributed by atoms with E-state index in [0.717, 1.165) is 5.56 Å². The Morgan fingerprint density at radius 3 is 2.70 bits per heavy atom. The molecular formula is C18H19NO4. The molecule has 0 aliphatic carbocycles. The third kappa shape index (κ3) is 2.91. The number of esters is 1. The molecule has 3 rings (SSSR count). The van der Waals surface area contributed by atoms with Gasteiger partial charge in [-0.05, 0) is 25.0 Å². The summed E-state index contributed by atoms with van der Waals surface area (Å²) in [5.74, 6) is -1.25. The molecule has 2 unspecified atom stereocenters. The summed E-state index contributed by atoms with van der Waals surface area (Å²) in [6.45, 7) is 2.43. The molecule has 120 valence electrons. The van der Waals surface area contributed by atoms with Gasteiger partial charge in [0.05, 0.1) is 12.5 Å². The average molecular weight is 313 g/mol. The highest BCUT2D eigenvalue weighted by atomic mass is 16.5. The first kappa shape index (κ1) is 15.5. The van der Waals surface area contributed by atoms with Gasteiger partial charge in [0.1, 0.15) is 6.04 Å². The molecule has 0 N–H and O–H groups in total. The summed E-state index contributed by atoms with van der Waals surface area (Å²) in [7, 11) is 0. The van der Waals surface area contributed by atoms with Gasteiger partial charge in [-0.15, -0.1) is 0 Å². The van der Waals surface area contributed by atoms with E-state index in [2.05, 4.69) is 0 Å². The van der Waals surface area contributed by atoms with Gasteiger partial charge in [0.2, 0.25) is 0 Å². The number of carbonyl (C=O) groups excluding carboxylic acids is 3. The summed E-state index contributed by atoms with van der Waals surface area (Å²) in [5.41, 5.74) is 1.47. The topological polar surface area (TPSA) is 63.7 Å². The van der Waals surface area contributed by atoms with Crippen LogP contribution in [0.2, 0.25) is 0 Å². The zero-order valence-electron chi connectivity index (χ0n) is 13.0. The standard InChI is InChI=1S/C18H19NO4/c1-2-23-18(22)14-8-9-19-16(14)15(20)11-13(17(19)21)10-12-6-4-3-5-7-12/h3-7,11,14,16H,2,8-10H2,1H3. The van der Waals surface area contributed by atoms with Gasteiger partial charge < -0.3 is 9.64 Å². The van der Waals surface area contributed by atoms with Crippen molar-refractivity contribution in [2.45, 2.75) is 25.8 Å². The van der Waals surface area contributed by atoms with Crippen LogP contribution in [0.15, 0.2) is 42.0 Å². The average Bonchev–Trinajstić information content (AvgIpc) is 2.99. The van der Waals surface area contributed by atoms with Crippen LogP contribution in [0.3, 0.4) is 0 Å². The maximum absolute atomic E-state index is 12.6. The van der Waals surface area contributed by atoms with Crippen molar-refractivity contribution in [1.29, 1.82) is 0 Å². The highest BCUT2D eigenvalue weighted by Crippen LogP contribution is 2.32. The molecule has 0 bridgehead atoms. The van der Waals surface area contributed by atoms with Crippen LogP contribution in [0.25, 0.3) is 0 Å². The Balaban J connectivity index is 1.82. The van der Waals surface area contributed by atoms with E-state index >= 15 is 0 Å². The van der Waals surface area contributed by atoms with Gasteiger partial charge in [-0.25, -0.2) is 0 Å². The van der Waals surface area contributed by atoms with Crippen LogP contribution in [0.1, 0.15) is 18.9 Å². The summed E-state index contributed by atoms with van der Waals surface area (Å²) >= 11 is 0. The largest absolute Gasteiger partial charge is 0.466 e. The van der Waals surface area contributed by atoms with Crippen LogP contribution in [0.4, 0.5) is 0 Å². The van der Waals surface area contributed by atoms with E-state index in [1.165, 1.54) is 11.0 Å². The zero-order chi connectivity index (χ0) is 16.4. The van der Waals surface area contributed by atoms with Crippen LogP contribution < -0.4 is 0 Å². The van der Waals surface area contributed by atoms with Crippen LogP contribution in [-0.2, 0) is 25.5 Å². The minimum absolute atomic E-state index is 0.148. The van der Waals surface area contributed by atoms with Crippen LogP contribution in [-0.4, -0.2) is 41.8 Å². The molecule has 0 saturated carbocycles. The number of rotatable bonds is 4. The lowest BCUT2D eigenvalue weighted by Crippen LogP contribution is -2.48. The lowest BCUT2D eigenvalue weighted by Gasteiger charge is -2.30. The monoisotopic (exact) mass is 313 g/mol. The summed E-state index contributed by atoms with van der Waals surface area (Å²) in [6.07, 6.45) is 2.32. The maximum Gasteiger partial charge on any atom is 0.311 e. The van der Waals surface area contributed by atoms with Gasteiger partial charge in [0.25, 0.3) is 5.91 Å². The molecule has 0 radical (unpaired) electrons. The Labute approximate surface area is 134 Å². The summed E-state index contributed by atoms with van der Waals surface area (Å²) in [5, 5.41) is 0. The molecule has 1 saturated heterocycles. The minimum Gasteiger partial charge on any atom is -0.466 e. The lowest BCUT2D eigenvalue weighted by molar-refractivity contribution is -0.151.